The molecule has 0 saturated heterocycles. The summed E-state index contributed by atoms with van der Waals surface area (Å²) < 4.78 is 10.4. The molecule has 0 aliphatic carbocycles. The molecule has 0 fully saturated rings. The van der Waals surface area contributed by atoms with Gasteiger partial charge in [0, 0.05) is 5.56 Å². The summed E-state index contributed by atoms with van der Waals surface area (Å²) in [4.78, 5) is 20.6. The molecule has 1 aromatic heterocycles. The molecule has 116 valence electrons. The Labute approximate surface area is 130 Å². The molecule has 22 heavy (non-hydrogen) atoms. The van der Waals surface area contributed by atoms with Gasteiger partial charge >= 0.3 is 5.97 Å². The van der Waals surface area contributed by atoms with Crippen molar-refractivity contribution in [2.45, 2.75) is 33.8 Å². The second kappa shape index (κ2) is 6.56. The number of aryl methyl sites for hydroxylation is 2. The zero-order chi connectivity index (χ0) is 16.3. The Morgan fingerprint density at radius 2 is 1.59 bits per heavy atom. The number of ether oxygens (including phenoxy) is 2. The minimum absolute atomic E-state index is 0.130. The molecule has 0 N–H and O–H groups in total. The third kappa shape index (κ3) is 3.42. The first-order chi connectivity index (χ1) is 10.4. The first-order valence-electron chi connectivity index (χ1n) is 7.13. The van der Waals surface area contributed by atoms with Crippen LogP contribution < -0.4 is 4.74 Å². The molecule has 5 heteroatoms. The van der Waals surface area contributed by atoms with Crippen molar-refractivity contribution >= 4 is 5.97 Å². The predicted molar refractivity (Wildman–Crippen MR) is 84.0 cm³/mol. The average Bonchev–Trinajstić information content (AvgIpc) is 2.46. The van der Waals surface area contributed by atoms with E-state index in [2.05, 4.69) is 9.97 Å². The summed E-state index contributed by atoms with van der Waals surface area (Å²) >= 11 is 0. The maximum atomic E-state index is 11.7. The Kier molecular flexibility index (Phi) is 4.75. The van der Waals surface area contributed by atoms with E-state index in [1.54, 1.807) is 13.8 Å². The lowest BCUT2D eigenvalue weighted by atomic mass is 10.1. The summed E-state index contributed by atoms with van der Waals surface area (Å²) in [5.74, 6) is 0.972. The van der Waals surface area contributed by atoms with Gasteiger partial charge < -0.3 is 9.47 Å². The standard InChI is InChI=1S/C17H20N2O3/c1-10(2)22-14-8-6-13(7-9-14)16-18-11(3)15(12(4)19-16)17(20)21-5/h6-10H,1-5H3. The van der Waals surface area contributed by atoms with Crippen molar-refractivity contribution < 1.29 is 14.3 Å². The van der Waals surface area contributed by atoms with Crippen molar-refractivity contribution in [1.82, 2.24) is 9.97 Å². The number of aromatic nitrogens is 2. The Balaban J connectivity index is 2.35. The van der Waals surface area contributed by atoms with Crippen LogP contribution >= 0.6 is 0 Å². The molecule has 0 amide bonds. The molecule has 0 atom stereocenters. The van der Waals surface area contributed by atoms with Crippen molar-refractivity contribution in [1.29, 1.82) is 0 Å². The lowest BCUT2D eigenvalue weighted by Crippen LogP contribution is -2.10. The number of nitrogens with zero attached hydrogens (tertiary/aromatic N) is 2. The van der Waals surface area contributed by atoms with Gasteiger partial charge in [0.05, 0.1) is 24.6 Å². The van der Waals surface area contributed by atoms with E-state index in [0.29, 0.717) is 22.8 Å². The summed E-state index contributed by atoms with van der Waals surface area (Å²) in [7, 11) is 1.35. The Morgan fingerprint density at radius 3 is 2.05 bits per heavy atom. The molecule has 0 unspecified atom stereocenters. The largest absolute Gasteiger partial charge is 0.491 e. The van der Waals surface area contributed by atoms with Crippen LogP contribution in [0.15, 0.2) is 24.3 Å². The van der Waals surface area contributed by atoms with E-state index in [9.17, 15) is 4.79 Å². The zero-order valence-electron chi connectivity index (χ0n) is 13.5. The molecule has 0 saturated carbocycles. The quantitative estimate of drug-likeness (QED) is 0.810. The Hall–Kier alpha value is -2.43. The van der Waals surface area contributed by atoms with Gasteiger partial charge in [-0.2, -0.15) is 0 Å². The van der Waals surface area contributed by atoms with Gasteiger partial charge in [-0.05, 0) is 52.0 Å². The molecular formula is C17H20N2O3. The summed E-state index contributed by atoms with van der Waals surface area (Å²) in [6.07, 6.45) is 0.130. The van der Waals surface area contributed by atoms with Gasteiger partial charge in [0.1, 0.15) is 11.3 Å². The molecule has 5 nitrogen and oxygen atoms in total. The van der Waals surface area contributed by atoms with E-state index >= 15 is 0 Å². The van der Waals surface area contributed by atoms with E-state index in [0.717, 1.165) is 11.3 Å². The highest BCUT2D eigenvalue weighted by atomic mass is 16.5. The van der Waals surface area contributed by atoms with Crippen LogP contribution in [0.4, 0.5) is 0 Å². The fraction of sp³-hybridized carbons (Fsp3) is 0.353. The predicted octanol–water partition coefficient (Wildman–Crippen LogP) is 3.33. The number of methoxy groups -OCH3 is 1. The van der Waals surface area contributed by atoms with Gasteiger partial charge in [0.15, 0.2) is 5.82 Å². The van der Waals surface area contributed by atoms with Gasteiger partial charge in [0.2, 0.25) is 0 Å². The van der Waals surface area contributed by atoms with Crippen LogP contribution in [0.3, 0.4) is 0 Å². The summed E-state index contributed by atoms with van der Waals surface area (Å²) in [6, 6.07) is 7.59. The van der Waals surface area contributed by atoms with Gasteiger partial charge in [-0.25, -0.2) is 14.8 Å². The van der Waals surface area contributed by atoms with Crippen LogP contribution in [0.2, 0.25) is 0 Å². The maximum Gasteiger partial charge on any atom is 0.341 e. The van der Waals surface area contributed by atoms with Gasteiger partial charge in [0.25, 0.3) is 0 Å². The number of carbonyl (C=O) groups is 1. The van der Waals surface area contributed by atoms with E-state index in [4.69, 9.17) is 9.47 Å². The number of benzene rings is 1. The Bertz CT molecular complexity index is 656. The number of esters is 1. The topological polar surface area (TPSA) is 61.3 Å². The van der Waals surface area contributed by atoms with Crippen molar-refractivity contribution in [3.05, 3.63) is 41.2 Å². The third-order valence-corrected chi connectivity index (χ3v) is 3.14. The maximum absolute atomic E-state index is 11.7. The minimum atomic E-state index is -0.415. The molecule has 0 spiro atoms. The van der Waals surface area contributed by atoms with Gasteiger partial charge in [-0.15, -0.1) is 0 Å². The second-order valence-electron chi connectivity index (χ2n) is 5.28. The molecule has 2 aromatic rings. The van der Waals surface area contributed by atoms with Crippen molar-refractivity contribution in [2.24, 2.45) is 0 Å². The summed E-state index contributed by atoms with van der Waals surface area (Å²) in [6.45, 7) is 7.52. The van der Waals surface area contributed by atoms with Crippen LogP contribution in [0.25, 0.3) is 11.4 Å². The molecule has 0 radical (unpaired) electrons. The molecule has 0 aliphatic rings. The second-order valence-corrected chi connectivity index (χ2v) is 5.28. The van der Waals surface area contributed by atoms with Crippen LogP contribution in [-0.2, 0) is 4.74 Å². The van der Waals surface area contributed by atoms with E-state index in [1.807, 2.05) is 38.1 Å². The Morgan fingerprint density at radius 1 is 1.05 bits per heavy atom. The summed E-state index contributed by atoms with van der Waals surface area (Å²) in [5, 5.41) is 0. The van der Waals surface area contributed by atoms with Crippen molar-refractivity contribution in [3.63, 3.8) is 0 Å². The average molecular weight is 300 g/mol. The minimum Gasteiger partial charge on any atom is -0.491 e. The highest BCUT2D eigenvalue weighted by Gasteiger charge is 2.17. The van der Waals surface area contributed by atoms with E-state index < -0.39 is 5.97 Å². The van der Waals surface area contributed by atoms with Crippen LogP contribution in [0, 0.1) is 13.8 Å². The molecule has 2 rings (SSSR count). The molecule has 0 bridgehead atoms. The number of carbonyl (C=O) groups excluding carboxylic acids is 1. The normalized spacial score (nSPS) is 10.6. The molecule has 1 aromatic carbocycles. The number of hydrogen-bond donors (Lipinski definition) is 0. The fourth-order valence-corrected chi connectivity index (χ4v) is 2.20. The van der Waals surface area contributed by atoms with E-state index in [-0.39, 0.29) is 6.10 Å². The lowest BCUT2D eigenvalue weighted by molar-refractivity contribution is 0.0598. The van der Waals surface area contributed by atoms with Crippen LogP contribution in [0.5, 0.6) is 5.75 Å². The third-order valence-electron chi connectivity index (χ3n) is 3.14. The van der Waals surface area contributed by atoms with Crippen LogP contribution in [0.1, 0.15) is 35.6 Å². The SMILES string of the molecule is COC(=O)c1c(C)nc(-c2ccc(OC(C)C)cc2)nc1C. The highest BCUT2D eigenvalue weighted by molar-refractivity contribution is 5.91. The fourth-order valence-electron chi connectivity index (χ4n) is 2.20. The first kappa shape index (κ1) is 15.9. The molecule has 1 heterocycles. The summed E-state index contributed by atoms with van der Waals surface area (Å²) in [5.41, 5.74) is 2.51. The van der Waals surface area contributed by atoms with E-state index in [1.165, 1.54) is 7.11 Å². The van der Waals surface area contributed by atoms with Gasteiger partial charge in [-0.3, -0.25) is 0 Å². The van der Waals surface area contributed by atoms with Crippen molar-refractivity contribution in [3.8, 4) is 17.1 Å². The zero-order valence-corrected chi connectivity index (χ0v) is 13.5. The monoisotopic (exact) mass is 300 g/mol. The molecular weight excluding hydrogens is 280 g/mol. The first-order valence-corrected chi connectivity index (χ1v) is 7.13. The number of rotatable bonds is 4. The molecule has 0 aliphatic heterocycles. The van der Waals surface area contributed by atoms with Crippen molar-refractivity contribution in [2.75, 3.05) is 7.11 Å². The highest BCUT2D eigenvalue weighted by Crippen LogP contribution is 2.22. The van der Waals surface area contributed by atoms with Crippen LogP contribution in [-0.4, -0.2) is 29.2 Å². The van der Waals surface area contributed by atoms with Gasteiger partial charge in [-0.1, -0.05) is 0 Å². The number of hydrogen-bond acceptors (Lipinski definition) is 5. The lowest BCUT2D eigenvalue weighted by Gasteiger charge is -2.11. The smallest absolute Gasteiger partial charge is 0.341 e.